The first-order valence-corrected chi connectivity index (χ1v) is 9.94. The average molecular weight is 416 g/mol. The molecule has 0 aliphatic heterocycles. The van der Waals surface area contributed by atoms with Crippen LogP contribution in [0.1, 0.15) is 23.5 Å². The van der Waals surface area contributed by atoms with Crippen molar-refractivity contribution in [1.29, 1.82) is 0 Å². The molecular formula is C23H21BN2O5. The molecule has 0 saturated carbocycles. The van der Waals surface area contributed by atoms with Gasteiger partial charge in [-0.05, 0) is 23.1 Å². The molecule has 0 saturated heterocycles. The van der Waals surface area contributed by atoms with Crippen molar-refractivity contribution >= 4 is 23.5 Å². The maximum atomic E-state index is 10.7. The van der Waals surface area contributed by atoms with Gasteiger partial charge in [-0.2, -0.15) is 0 Å². The SMILES string of the molecule is O=[N+]([O-])OCCC(c1ccccc1)c1c(-c2ccccc2)[nH]c2c(B(O)O)cccc12. The van der Waals surface area contributed by atoms with Crippen LogP contribution >= 0.6 is 0 Å². The number of aromatic nitrogens is 1. The van der Waals surface area contributed by atoms with E-state index in [2.05, 4.69) is 9.82 Å². The first-order valence-electron chi connectivity index (χ1n) is 9.94. The minimum Gasteiger partial charge on any atom is -0.423 e. The standard InChI is InChI=1S/C23H21BN2O5/c27-24(28)20-13-7-12-19-21(22(25-23(19)20)17-10-5-2-6-11-17)18(14-15-31-26(29)30)16-8-3-1-4-9-16/h1-13,18,25,27-28H,14-15H2. The molecule has 4 aromatic rings. The summed E-state index contributed by atoms with van der Waals surface area (Å²) in [5.41, 5.74) is 4.68. The lowest BCUT2D eigenvalue weighted by molar-refractivity contribution is -0.757. The van der Waals surface area contributed by atoms with Gasteiger partial charge in [-0.15, -0.1) is 10.1 Å². The molecule has 7 nitrogen and oxygen atoms in total. The van der Waals surface area contributed by atoms with Crippen molar-refractivity contribution in [2.75, 3.05) is 6.61 Å². The summed E-state index contributed by atoms with van der Waals surface area (Å²) < 4.78 is 0. The Morgan fingerprint density at radius 3 is 2.29 bits per heavy atom. The highest BCUT2D eigenvalue weighted by Gasteiger charge is 2.26. The van der Waals surface area contributed by atoms with Crippen molar-refractivity contribution < 1.29 is 20.0 Å². The third-order valence-electron chi connectivity index (χ3n) is 5.40. The van der Waals surface area contributed by atoms with Crippen LogP contribution < -0.4 is 5.46 Å². The van der Waals surface area contributed by atoms with E-state index < -0.39 is 12.2 Å². The van der Waals surface area contributed by atoms with Crippen LogP contribution in [0.4, 0.5) is 0 Å². The van der Waals surface area contributed by atoms with E-state index in [1.165, 1.54) is 0 Å². The Labute approximate surface area is 179 Å². The minimum atomic E-state index is -1.63. The second kappa shape index (κ2) is 9.03. The highest BCUT2D eigenvalue weighted by Crippen LogP contribution is 2.40. The molecule has 156 valence electrons. The largest absolute Gasteiger partial charge is 0.490 e. The molecular weight excluding hydrogens is 395 g/mol. The molecule has 1 atom stereocenters. The van der Waals surface area contributed by atoms with Gasteiger partial charge in [0.25, 0.3) is 5.09 Å². The molecule has 0 spiro atoms. The number of hydrogen-bond donors (Lipinski definition) is 3. The zero-order valence-electron chi connectivity index (χ0n) is 16.6. The minimum absolute atomic E-state index is 0.0597. The van der Waals surface area contributed by atoms with Crippen LogP contribution in [0.5, 0.6) is 0 Å². The van der Waals surface area contributed by atoms with Crippen LogP contribution in [-0.4, -0.2) is 33.8 Å². The fraction of sp³-hybridized carbons (Fsp3) is 0.130. The summed E-state index contributed by atoms with van der Waals surface area (Å²) in [4.78, 5) is 18.8. The van der Waals surface area contributed by atoms with Crippen LogP contribution in [-0.2, 0) is 4.84 Å². The second-order valence-corrected chi connectivity index (χ2v) is 7.23. The van der Waals surface area contributed by atoms with E-state index in [0.29, 0.717) is 17.4 Å². The lowest BCUT2D eigenvalue weighted by Gasteiger charge is -2.19. The van der Waals surface area contributed by atoms with E-state index in [-0.39, 0.29) is 12.5 Å². The Bertz CT molecular complexity index is 1180. The van der Waals surface area contributed by atoms with Crippen LogP contribution in [0.2, 0.25) is 0 Å². The maximum absolute atomic E-state index is 10.7. The number of para-hydroxylation sites is 1. The number of benzene rings is 3. The smallest absolute Gasteiger partial charge is 0.423 e. The third kappa shape index (κ3) is 4.30. The van der Waals surface area contributed by atoms with Crippen LogP contribution in [0.25, 0.3) is 22.2 Å². The second-order valence-electron chi connectivity index (χ2n) is 7.23. The first kappa shape index (κ1) is 20.6. The molecule has 8 heteroatoms. The molecule has 31 heavy (non-hydrogen) atoms. The lowest BCUT2D eigenvalue weighted by Crippen LogP contribution is -2.30. The summed E-state index contributed by atoms with van der Waals surface area (Å²) in [6.45, 7) is -0.0597. The van der Waals surface area contributed by atoms with Gasteiger partial charge in [-0.25, -0.2) is 0 Å². The normalized spacial score (nSPS) is 11.9. The average Bonchev–Trinajstić information content (AvgIpc) is 3.17. The number of nitrogens with zero attached hydrogens (tertiary/aromatic N) is 1. The van der Waals surface area contributed by atoms with E-state index in [1.807, 2.05) is 66.7 Å². The lowest BCUT2D eigenvalue weighted by atomic mass is 9.78. The van der Waals surface area contributed by atoms with Crippen LogP contribution in [0.15, 0.2) is 78.9 Å². The summed E-state index contributed by atoms with van der Waals surface area (Å²) in [7, 11) is -1.63. The highest BCUT2D eigenvalue weighted by atomic mass is 16.9. The van der Waals surface area contributed by atoms with Crippen LogP contribution in [0.3, 0.4) is 0 Å². The van der Waals surface area contributed by atoms with E-state index in [0.717, 1.165) is 27.8 Å². The van der Waals surface area contributed by atoms with Crippen LogP contribution in [0, 0.1) is 10.1 Å². The van der Waals surface area contributed by atoms with Gasteiger partial charge in [0.15, 0.2) is 0 Å². The molecule has 0 fully saturated rings. The summed E-state index contributed by atoms with van der Waals surface area (Å²) >= 11 is 0. The number of H-pyrrole nitrogens is 1. The van der Waals surface area contributed by atoms with Gasteiger partial charge in [-0.3, -0.25) is 0 Å². The molecule has 1 unspecified atom stereocenters. The Kier molecular flexibility index (Phi) is 6.02. The monoisotopic (exact) mass is 416 g/mol. The molecule has 0 amide bonds. The van der Waals surface area contributed by atoms with E-state index in [9.17, 15) is 20.2 Å². The fourth-order valence-electron chi connectivity index (χ4n) is 4.08. The van der Waals surface area contributed by atoms with E-state index in [1.54, 1.807) is 12.1 Å². The Morgan fingerprint density at radius 1 is 0.968 bits per heavy atom. The predicted octanol–water partition coefficient (Wildman–Crippen LogP) is 3.25. The molecule has 3 aromatic carbocycles. The highest BCUT2D eigenvalue weighted by molar-refractivity contribution is 6.61. The summed E-state index contributed by atoms with van der Waals surface area (Å²) in [6.07, 6.45) is 0.379. The zero-order chi connectivity index (χ0) is 21.8. The van der Waals surface area contributed by atoms with Gasteiger partial charge in [0, 0.05) is 22.3 Å². The molecule has 0 bridgehead atoms. The van der Waals surface area contributed by atoms with Crippen molar-refractivity contribution in [2.45, 2.75) is 12.3 Å². The zero-order valence-corrected chi connectivity index (χ0v) is 16.6. The summed E-state index contributed by atoms with van der Waals surface area (Å²) in [5.74, 6) is -0.212. The Hall–Kier alpha value is -3.62. The number of fused-ring (bicyclic) bond motifs is 1. The molecule has 4 rings (SSSR count). The van der Waals surface area contributed by atoms with Crippen molar-refractivity contribution in [3.8, 4) is 11.3 Å². The Morgan fingerprint density at radius 2 is 1.65 bits per heavy atom. The van der Waals surface area contributed by atoms with Gasteiger partial charge in [0.05, 0.1) is 12.3 Å². The fourth-order valence-corrected chi connectivity index (χ4v) is 4.08. The van der Waals surface area contributed by atoms with E-state index >= 15 is 0 Å². The summed E-state index contributed by atoms with van der Waals surface area (Å²) in [5, 5.41) is 30.6. The van der Waals surface area contributed by atoms with Gasteiger partial charge in [-0.1, -0.05) is 78.9 Å². The van der Waals surface area contributed by atoms with Gasteiger partial charge >= 0.3 is 7.12 Å². The van der Waals surface area contributed by atoms with Gasteiger partial charge in [0.1, 0.15) is 0 Å². The maximum Gasteiger partial charge on any atom is 0.490 e. The number of rotatable bonds is 8. The summed E-state index contributed by atoms with van der Waals surface area (Å²) in [6, 6.07) is 24.8. The van der Waals surface area contributed by atoms with Crippen molar-refractivity contribution in [3.05, 3.63) is 100 Å². The van der Waals surface area contributed by atoms with Gasteiger partial charge in [0.2, 0.25) is 0 Å². The van der Waals surface area contributed by atoms with Crippen molar-refractivity contribution in [3.63, 3.8) is 0 Å². The predicted molar refractivity (Wildman–Crippen MR) is 119 cm³/mol. The van der Waals surface area contributed by atoms with Gasteiger partial charge < -0.3 is 19.9 Å². The third-order valence-corrected chi connectivity index (χ3v) is 5.40. The topological polar surface area (TPSA) is 109 Å². The molecule has 0 radical (unpaired) electrons. The molecule has 0 aliphatic rings. The first-order chi connectivity index (χ1) is 15.1. The molecule has 1 aromatic heterocycles. The molecule has 3 N–H and O–H groups in total. The molecule has 0 aliphatic carbocycles. The Balaban J connectivity index is 1.95. The van der Waals surface area contributed by atoms with Crippen molar-refractivity contribution in [1.82, 2.24) is 4.98 Å². The van der Waals surface area contributed by atoms with E-state index in [4.69, 9.17) is 0 Å². The number of aromatic amines is 1. The number of hydrogen-bond acceptors (Lipinski definition) is 5. The van der Waals surface area contributed by atoms with Crippen molar-refractivity contribution in [2.24, 2.45) is 0 Å². The quantitative estimate of drug-likeness (QED) is 0.232. The molecule has 1 heterocycles. The number of nitrogens with one attached hydrogen (secondary N) is 1.